The van der Waals surface area contributed by atoms with Gasteiger partial charge >= 0.3 is 0 Å². The van der Waals surface area contributed by atoms with E-state index >= 15 is 0 Å². The molecule has 1 N–H and O–H groups in total. The summed E-state index contributed by atoms with van der Waals surface area (Å²) < 4.78 is 53.4. The Morgan fingerprint density at radius 3 is 2.53 bits per heavy atom. The zero-order chi connectivity index (χ0) is 21.4. The van der Waals surface area contributed by atoms with Crippen LogP contribution in [0.1, 0.15) is 24.1 Å². The molecule has 2 atom stereocenters. The van der Waals surface area contributed by atoms with Gasteiger partial charge in [0.2, 0.25) is 0 Å². The summed E-state index contributed by atoms with van der Waals surface area (Å²) in [6.45, 7) is 0. The van der Waals surface area contributed by atoms with E-state index in [1.807, 2.05) is 6.07 Å². The Balaban J connectivity index is 1.71. The van der Waals surface area contributed by atoms with Crippen LogP contribution in [0.2, 0.25) is 5.02 Å². The molecule has 1 aromatic heterocycles. The molecule has 0 radical (unpaired) electrons. The summed E-state index contributed by atoms with van der Waals surface area (Å²) >= 11 is 5.74. The second kappa shape index (κ2) is 8.10. The highest BCUT2D eigenvalue weighted by atomic mass is 35.5. The summed E-state index contributed by atoms with van der Waals surface area (Å²) in [6, 6.07) is 9.67. The summed E-state index contributed by atoms with van der Waals surface area (Å²) in [4.78, 5) is 0. The Kier molecular flexibility index (Phi) is 5.51. The van der Waals surface area contributed by atoms with Gasteiger partial charge in [0.15, 0.2) is 11.5 Å². The lowest BCUT2D eigenvalue weighted by Gasteiger charge is -2.32. The fourth-order valence-electron chi connectivity index (χ4n) is 3.63. The van der Waals surface area contributed by atoms with Gasteiger partial charge in [-0.15, -0.1) is 0 Å². The van der Waals surface area contributed by atoms with E-state index < -0.39 is 18.3 Å². The summed E-state index contributed by atoms with van der Waals surface area (Å²) in [5.41, 5.74) is 1.62. The molecule has 3 aromatic rings. The van der Waals surface area contributed by atoms with Crippen LogP contribution in [0.3, 0.4) is 0 Å². The quantitative estimate of drug-likeness (QED) is 0.554. The highest BCUT2D eigenvalue weighted by molar-refractivity contribution is 6.30. The number of anilines is 1. The van der Waals surface area contributed by atoms with Crippen molar-refractivity contribution in [2.24, 2.45) is 0 Å². The first-order valence-corrected chi connectivity index (χ1v) is 9.60. The molecule has 9 heteroatoms. The molecule has 2 unspecified atom stereocenters. The molecule has 2 aromatic carbocycles. The second-order valence-corrected chi connectivity index (χ2v) is 7.34. The van der Waals surface area contributed by atoms with Crippen LogP contribution in [-0.4, -0.2) is 30.4 Å². The Hall–Kier alpha value is -2.87. The maximum atomic E-state index is 13.9. The molecule has 0 aliphatic carbocycles. The van der Waals surface area contributed by atoms with Gasteiger partial charge in [-0.1, -0.05) is 23.7 Å². The van der Waals surface area contributed by atoms with Gasteiger partial charge in [0.1, 0.15) is 17.7 Å². The maximum absolute atomic E-state index is 13.9. The first-order valence-electron chi connectivity index (χ1n) is 9.23. The summed E-state index contributed by atoms with van der Waals surface area (Å²) in [5, 5.41) is 7.54. The number of fused-ring (bicyclic) bond motifs is 1. The molecule has 0 amide bonds. The van der Waals surface area contributed by atoms with Gasteiger partial charge in [0, 0.05) is 11.6 Å². The number of nitrogens with one attached hydrogen (secondary N) is 1. The van der Waals surface area contributed by atoms with Crippen LogP contribution in [0.5, 0.6) is 11.5 Å². The van der Waals surface area contributed by atoms with Crippen LogP contribution in [0.15, 0.2) is 42.5 Å². The Morgan fingerprint density at radius 2 is 1.87 bits per heavy atom. The van der Waals surface area contributed by atoms with Crippen molar-refractivity contribution in [3.8, 4) is 22.8 Å². The number of aromatic nitrogens is 2. The standard InChI is InChI=1S/C21H19ClF3N3O2/c1-29-18-6-4-12(8-19(18)30-2)15-9-17(21(24)25)28-20(26-15)10-16(27-28)11-3-5-13(22)14(23)7-11/h3-8,10,15,17,21,26H,9H2,1-2H3. The Bertz CT molecular complexity index is 1070. The molecule has 0 fully saturated rings. The van der Waals surface area contributed by atoms with Crippen molar-refractivity contribution in [3.63, 3.8) is 0 Å². The van der Waals surface area contributed by atoms with Crippen molar-refractivity contribution in [1.82, 2.24) is 9.78 Å². The van der Waals surface area contributed by atoms with Crippen molar-refractivity contribution in [1.29, 1.82) is 0 Å². The number of methoxy groups -OCH3 is 2. The molecular formula is C21H19ClF3N3O2. The SMILES string of the molecule is COc1ccc(C2CC(C(F)F)n3nc(-c4ccc(Cl)c(F)c4)cc3N2)cc1OC. The molecule has 0 spiro atoms. The van der Waals surface area contributed by atoms with Gasteiger partial charge in [0.05, 0.1) is 31.0 Å². The van der Waals surface area contributed by atoms with Crippen LogP contribution < -0.4 is 14.8 Å². The lowest BCUT2D eigenvalue weighted by atomic mass is 9.97. The first kappa shape index (κ1) is 20.4. The van der Waals surface area contributed by atoms with E-state index in [0.29, 0.717) is 28.6 Å². The van der Waals surface area contributed by atoms with Crippen molar-refractivity contribution in [3.05, 3.63) is 58.9 Å². The van der Waals surface area contributed by atoms with Crippen molar-refractivity contribution >= 4 is 17.4 Å². The van der Waals surface area contributed by atoms with E-state index in [9.17, 15) is 13.2 Å². The summed E-state index contributed by atoms with van der Waals surface area (Å²) in [7, 11) is 3.05. The predicted molar refractivity (Wildman–Crippen MR) is 108 cm³/mol. The smallest absolute Gasteiger partial charge is 0.260 e. The fourth-order valence-corrected chi connectivity index (χ4v) is 3.75. The van der Waals surface area contributed by atoms with E-state index in [1.165, 1.54) is 31.0 Å². The Morgan fingerprint density at radius 1 is 1.10 bits per heavy atom. The average Bonchev–Trinajstić information content (AvgIpc) is 3.18. The minimum atomic E-state index is -2.62. The van der Waals surface area contributed by atoms with E-state index in [2.05, 4.69) is 10.4 Å². The van der Waals surface area contributed by atoms with Crippen LogP contribution in [0.4, 0.5) is 19.0 Å². The number of rotatable bonds is 5. The lowest BCUT2D eigenvalue weighted by molar-refractivity contribution is 0.0659. The highest BCUT2D eigenvalue weighted by Crippen LogP contribution is 2.41. The number of hydrogen-bond donors (Lipinski definition) is 1. The molecule has 4 rings (SSSR count). The third-order valence-electron chi connectivity index (χ3n) is 5.17. The van der Waals surface area contributed by atoms with Crippen molar-refractivity contribution < 1.29 is 22.6 Å². The van der Waals surface area contributed by atoms with Crippen molar-refractivity contribution in [2.45, 2.75) is 24.9 Å². The number of benzene rings is 2. The van der Waals surface area contributed by atoms with E-state index in [0.717, 1.165) is 5.56 Å². The van der Waals surface area contributed by atoms with Gasteiger partial charge < -0.3 is 14.8 Å². The topological polar surface area (TPSA) is 48.3 Å². The third-order valence-corrected chi connectivity index (χ3v) is 5.47. The first-order chi connectivity index (χ1) is 14.4. The number of hydrogen-bond acceptors (Lipinski definition) is 4. The minimum absolute atomic E-state index is 0.0141. The third kappa shape index (κ3) is 3.67. The fraction of sp³-hybridized carbons (Fsp3) is 0.286. The van der Waals surface area contributed by atoms with Crippen LogP contribution in [-0.2, 0) is 0 Å². The molecule has 1 aliphatic rings. The maximum Gasteiger partial charge on any atom is 0.260 e. The summed E-state index contributed by atoms with van der Waals surface area (Å²) in [5.74, 6) is 0.903. The number of alkyl halides is 2. The number of ether oxygens (including phenoxy) is 2. The van der Waals surface area contributed by atoms with Crippen LogP contribution in [0.25, 0.3) is 11.3 Å². The second-order valence-electron chi connectivity index (χ2n) is 6.94. The largest absolute Gasteiger partial charge is 0.493 e. The van der Waals surface area contributed by atoms with Gasteiger partial charge in [-0.05, 0) is 36.2 Å². The molecular weight excluding hydrogens is 419 g/mol. The van der Waals surface area contributed by atoms with Gasteiger partial charge in [-0.3, -0.25) is 0 Å². The molecule has 0 saturated heterocycles. The highest BCUT2D eigenvalue weighted by Gasteiger charge is 2.35. The molecule has 0 saturated carbocycles. The molecule has 30 heavy (non-hydrogen) atoms. The monoisotopic (exact) mass is 437 g/mol. The van der Waals surface area contributed by atoms with E-state index in [4.69, 9.17) is 21.1 Å². The van der Waals surface area contributed by atoms with E-state index in [1.54, 1.807) is 24.3 Å². The molecule has 1 aliphatic heterocycles. The average molecular weight is 438 g/mol. The summed E-state index contributed by atoms with van der Waals surface area (Å²) in [6.07, 6.45) is -2.50. The number of halogens is 4. The minimum Gasteiger partial charge on any atom is -0.493 e. The van der Waals surface area contributed by atoms with Gasteiger partial charge in [0.25, 0.3) is 6.43 Å². The Labute approximate surface area is 176 Å². The predicted octanol–water partition coefficient (Wildman–Crippen LogP) is 5.72. The van der Waals surface area contributed by atoms with Gasteiger partial charge in [-0.2, -0.15) is 5.10 Å². The zero-order valence-corrected chi connectivity index (χ0v) is 17.0. The lowest BCUT2D eigenvalue weighted by Crippen LogP contribution is -2.30. The molecule has 5 nitrogen and oxygen atoms in total. The van der Waals surface area contributed by atoms with E-state index in [-0.39, 0.29) is 17.5 Å². The molecule has 0 bridgehead atoms. The normalized spacial score (nSPS) is 18.1. The number of nitrogens with zero attached hydrogens (tertiary/aromatic N) is 2. The molecule has 158 valence electrons. The van der Waals surface area contributed by atoms with Crippen LogP contribution in [0, 0.1) is 5.82 Å². The zero-order valence-electron chi connectivity index (χ0n) is 16.2. The van der Waals surface area contributed by atoms with Crippen LogP contribution >= 0.6 is 11.6 Å². The van der Waals surface area contributed by atoms with Crippen molar-refractivity contribution in [2.75, 3.05) is 19.5 Å². The molecule has 2 heterocycles. The van der Waals surface area contributed by atoms with Gasteiger partial charge in [-0.25, -0.2) is 17.9 Å².